The summed E-state index contributed by atoms with van der Waals surface area (Å²) in [6, 6.07) is 5.96. The molecule has 24 heavy (non-hydrogen) atoms. The highest BCUT2D eigenvalue weighted by atomic mass is 16.5. The van der Waals surface area contributed by atoms with E-state index >= 15 is 0 Å². The van der Waals surface area contributed by atoms with Crippen LogP contribution in [-0.4, -0.2) is 35.0 Å². The van der Waals surface area contributed by atoms with Crippen molar-refractivity contribution in [3.63, 3.8) is 0 Å². The second-order valence-electron chi connectivity index (χ2n) is 6.68. The summed E-state index contributed by atoms with van der Waals surface area (Å²) < 4.78 is 5.62. The molecular weight excluding hydrogens is 304 g/mol. The third-order valence-electron chi connectivity index (χ3n) is 4.79. The average Bonchev–Trinajstić information content (AvgIpc) is 3.02. The number of aromatic amines is 1. The maximum Gasteiger partial charge on any atom is 0.253 e. The normalized spacial score (nSPS) is 17.4. The molecule has 1 amide bonds. The number of hydrogen-bond acceptors (Lipinski definition) is 3. The van der Waals surface area contributed by atoms with E-state index in [0.717, 1.165) is 35.9 Å². The molecule has 5 heteroatoms. The molecule has 1 fully saturated rings. The monoisotopic (exact) mass is 328 g/mol. The molecule has 0 aliphatic carbocycles. The number of carbonyl (C=O) groups excluding carboxylic acids is 1. The summed E-state index contributed by atoms with van der Waals surface area (Å²) in [6.45, 7) is 7.23. The van der Waals surface area contributed by atoms with Gasteiger partial charge in [0.15, 0.2) is 0 Å². The van der Waals surface area contributed by atoms with Gasteiger partial charge in [-0.25, -0.2) is 0 Å². The maximum atomic E-state index is 12.4. The van der Waals surface area contributed by atoms with Crippen LogP contribution >= 0.6 is 0 Å². The molecule has 1 aromatic heterocycles. The van der Waals surface area contributed by atoms with Crippen molar-refractivity contribution in [3.05, 3.63) is 45.2 Å². The minimum absolute atomic E-state index is 0.0370. The molecule has 1 saturated heterocycles. The van der Waals surface area contributed by atoms with Crippen molar-refractivity contribution in [2.24, 2.45) is 0 Å². The molecule has 2 heterocycles. The van der Waals surface area contributed by atoms with E-state index in [1.54, 1.807) is 4.90 Å². The molecule has 1 N–H and O–H groups in total. The van der Waals surface area contributed by atoms with Gasteiger partial charge in [-0.3, -0.25) is 9.59 Å². The van der Waals surface area contributed by atoms with Gasteiger partial charge in [-0.05, 0) is 61.4 Å². The highest BCUT2D eigenvalue weighted by Crippen LogP contribution is 2.19. The lowest BCUT2D eigenvalue weighted by atomic mass is 10.0. The number of aromatic nitrogens is 1. The number of carbonyl (C=O) groups is 1. The molecule has 1 aliphatic rings. The first-order valence-electron chi connectivity index (χ1n) is 8.44. The molecule has 0 spiro atoms. The van der Waals surface area contributed by atoms with Crippen LogP contribution in [0, 0.1) is 13.8 Å². The van der Waals surface area contributed by atoms with Crippen molar-refractivity contribution in [2.45, 2.75) is 46.3 Å². The minimum Gasteiger partial charge on any atom is -0.376 e. The lowest BCUT2D eigenvalue weighted by Gasteiger charge is -2.24. The first kappa shape index (κ1) is 16.7. The molecule has 2 aromatic rings. The highest BCUT2D eigenvalue weighted by molar-refractivity contribution is 5.81. The van der Waals surface area contributed by atoms with Crippen LogP contribution in [0.15, 0.2) is 23.0 Å². The number of nitrogens with zero attached hydrogens (tertiary/aromatic N) is 1. The summed E-state index contributed by atoms with van der Waals surface area (Å²) in [6.07, 6.45) is 2.08. The Labute approximate surface area is 141 Å². The van der Waals surface area contributed by atoms with Crippen LogP contribution in [0.2, 0.25) is 0 Å². The SMILES string of the molecule is CC(=O)N(Cc1cc2cc(C)c(C)cc2[nH]c1=O)C[C@@H]1CCCO1. The van der Waals surface area contributed by atoms with Crippen molar-refractivity contribution in [1.82, 2.24) is 9.88 Å². The van der Waals surface area contributed by atoms with Crippen LogP contribution in [0.3, 0.4) is 0 Å². The van der Waals surface area contributed by atoms with Gasteiger partial charge in [-0.2, -0.15) is 0 Å². The zero-order chi connectivity index (χ0) is 17.3. The van der Waals surface area contributed by atoms with Crippen LogP contribution < -0.4 is 5.56 Å². The fraction of sp³-hybridized carbons (Fsp3) is 0.474. The zero-order valence-corrected chi connectivity index (χ0v) is 14.5. The topological polar surface area (TPSA) is 62.4 Å². The predicted molar refractivity (Wildman–Crippen MR) is 94.1 cm³/mol. The van der Waals surface area contributed by atoms with E-state index in [-0.39, 0.29) is 17.6 Å². The van der Waals surface area contributed by atoms with Crippen molar-refractivity contribution < 1.29 is 9.53 Å². The number of amides is 1. The standard InChI is InChI=1S/C19H24N2O3/c1-12-7-15-9-16(19(23)20-18(15)8-13(12)2)10-21(14(3)22)11-17-5-4-6-24-17/h7-9,17H,4-6,10-11H2,1-3H3,(H,20,23)/t17-/m0/s1. The number of aryl methyl sites for hydroxylation is 2. The van der Waals surface area contributed by atoms with Crippen LogP contribution in [0.5, 0.6) is 0 Å². The number of hydrogen-bond donors (Lipinski definition) is 1. The molecule has 1 atom stereocenters. The summed E-state index contributed by atoms with van der Waals surface area (Å²) >= 11 is 0. The molecule has 0 saturated carbocycles. The first-order chi connectivity index (χ1) is 11.4. The van der Waals surface area contributed by atoms with Gasteiger partial charge in [0.2, 0.25) is 5.91 Å². The average molecular weight is 328 g/mol. The van der Waals surface area contributed by atoms with Crippen molar-refractivity contribution in [2.75, 3.05) is 13.2 Å². The zero-order valence-electron chi connectivity index (χ0n) is 14.5. The Hall–Kier alpha value is -2.14. The van der Waals surface area contributed by atoms with Gasteiger partial charge in [0.05, 0.1) is 12.6 Å². The minimum atomic E-state index is -0.135. The number of rotatable bonds is 4. The van der Waals surface area contributed by atoms with Crippen molar-refractivity contribution in [1.29, 1.82) is 0 Å². The van der Waals surface area contributed by atoms with Crippen molar-refractivity contribution in [3.8, 4) is 0 Å². The molecule has 128 valence electrons. The van der Waals surface area contributed by atoms with E-state index in [0.29, 0.717) is 18.7 Å². The molecule has 5 nitrogen and oxygen atoms in total. The second-order valence-corrected chi connectivity index (χ2v) is 6.68. The number of nitrogens with one attached hydrogen (secondary N) is 1. The van der Waals surface area contributed by atoms with E-state index < -0.39 is 0 Å². The van der Waals surface area contributed by atoms with Gasteiger partial charge >= 0.3 is 0 Å². The smallest absolute Gasteiger partial charge is 0.253 e. The van der Waals surface area contributed by atoms with Gasteiger partial charge < -0.3 is 14.6 Å². The molecule has 0 radical (unpaired) electrons. The molecule has 0 unspecified atom stereocenters. The fourth-order valence-corrected chi connectivity index (χ4v) is 3.18. The fourth-order valence-electron chi connectivity index (χ4n) is 3.18. The molecular formula is C19H24N2O3. The quantitative estimate of drug-likeness (QED) is 0.938. The van der Waals surface area contributed by atoms with E-state index in [1.165, 1.54) is 12.5 Å². The first-order valence-corrected chi connectivity index (χ1v) is 8.44. The van der Waals surface area contributed by atoms with E-state index in [9.17, 15) is 9.59 Å². The summed E-state index contributed by atoms with van der Waals surface area (Å²) in [7, 11) is 0. The summed E-state index contributed by atoms with van der Waals surface area (Å²) in [5.41, 5.74) is 3.64. The number of ether oxygens (including phenoxy) is 1. The van der Waals surface area contributed by atoms with Crippen LogP contribution in [0.4, 0.5) is 0 Å². The Morgan fingerprint density at radius 1 is 1.29 bits per heavy atom. The van der Waals surface area contributed by atoms with Gasteiger partial charge in [0.1, 0.15) is 0 Å². The van der Waals surface area contributed by atoms with Crippen LogP contribution in [-0.2, 0) is 16.1 Å². The summed E-state index contributed by atoms with van der Waals surface area (Å²) in [4.78, 5) is 29.0. The summed E-state index contributed by atoms with van der Waals surface area (Å²) in [5, 5.41) is 0.994. The van der Waals surface area contributed by atoms with Crippen LogP contribution in [0.25, 0.3) is 10.9 Å². The lowest BCUT2D eigenvalue weighted by molar-refractivity contribution is -0.131. The third-order valence-corrected chi connectivity index (χ3v) is 4.79. The summed E-state index contributed by atoms with van der Waals surface area (Å²) in [5.74, 6) is -0.0370. The van der Waals surface area contributed by atoms with Gasteiger partial charge in [-0.1, -0.05) is 0 Å². The maximum absolute atomic E-state index is 12.4. The van der Waals surface area contributed by atoms with Crippen molar-refractivity contribution >= 4 is 16.8 Å². The largest absolute Gasteiger partial charge is 0.376 e. The Balaban J connectivity index is 1.89. The number of pyridine rings is 1. The number of fused-ring (bicyclic) bond motifs is 1. The third kappa shape index (κ3) is 3.51. The van der Waals surface area contributed by atoms with E-state index in [2.05, 4.69) is 18.0 Å². The Kier molecular flexibility index (Phi) is 4.71. The van der Waals surface area contributed by atoms with Gasteiger partial charge in [-0.15, -0.1) is 0 Å². The Bertz CT molecular complexity index is 819. The van der Waals surface area contributed by atoms with E-state index in [1.807, 2.05) is 19.1 Å². The van der Waals surface area contributed by atoms with Crippen LogP contribution in [0.1, 0.15) is 36.5 Å². The lowest BCUT2D eigenvalue weighted by Crippen LogP contribution is -2.36. The molecule has 3 rings (SSSR count). The van der Waals surface area contributed by atoms with E-state index in [4.69, 9.17) is 4.74 Å². The Morgan fingerprint density at radius 2 is 2.04 bits per heavy atom. The molecule has 1 aromatic carbocycles. The van der Waals surface area contributed by atoms with Gasteiger partial charge in [0.25, 0.3) is 5.56 Å². The van der Waals surface area contributed by atoms with Gasteiger partial charge in [0, 0.05) is 31.2 Å². The Morgan fingerprint density at radius 3 is 2.71 bits per heavy atom. The number of benzene rings is 1. The predicted octanol–water partition coefficient (Wildman–Crippen LogP) is 2.67. The molecule has 0 bridgehead atoms. The number of H-pyrrole nitrogens is 1. The second kappa shape index (κ2) is 6.77. The highest BCUT2D eigenvalue weighted by Gasteiger charge is 2.21. The molecule has 1 aliphatic heterocycles.